The summed E-state index contributed by atoms with van der Waals surface area (Å²) in [5.74, 6) is 0. The number of hydrogen-bond donors (Lipinski definition) is 1. The summed E-state index contributed by atoms with van der Waals surface area (Å²) in [7, 11) is -2.08. The number of rotatable bonds is 2. The minimum atomic E-state index is -3.58. The predicted octanol–water partition coefficient (Wildman–Crippen LogP) is 1.36. The molecule has 0 radical (unpaired) electrons. The Kier molecular flexibility index (Phi) is 3.52. The summed E-state index contributed by atoms with van der Waals surface area (Å²) >= 11 is 0. The smallest absolute Gasteiger partial charge is 0.243 e. The fraction of sp³-hybridized carbons (Fsp3) is 0.267. The molecule has 1 aromatic carbocycles. The van der Waals surface area contributed by atoms with Gasteiger partial charge in [0, 0.05) is 30.9 Å². The van der Waals surface area contributed by atoms with Gasteiger partial charge >= 0.3 is 0 Å². The number of sulfonamides is 1. The largest absolute Gasteiger partial charge is 0.387 e. The summed E-state index contributed by atoms with van der Waals surface area (Å²) in [6.45, 7) is 0. The third-order valence-electron chi connectivity index (χ3n) is 3.87. The molecule has 21 heavy (non-hydrogen) atoms. The van der Waals surface area contributed by atoms with Gasteiger partial charge in [0.1, 0.15) is 0 Å². The summed E-state index contributed by atoms with van der Waals surface area (Å²) in [6, 6.07) is 11.5. The van der Waals surface area contributed by atoms with E-state index in [1.807, 2.05) is 12.1 Å². The van der Waals surface area contributed by atoms with Crippen LogP contribution in [0.4, 0.5) is 0 Å². The topological polar surface area (TPSA) is 70.5 Å². The maximum atomic E-state index is 12.5. The lowest BCUT2D eigenvalue weighted by molar-refractivity contribution is 0.0887. The third kappa shape index (κ3) is 2.35. The van der Waals surface area contributed by atoms with Crippen molar-refractivity contribution in [1.82, 2.24) is 9.29 Å². The number of likely N-dealkylation sites (N-methyl/N-ethyl adjacent to an activating group) is 1. The summed E-state index contributed by atoms with van der Waals surface area (Å²) in [5.41, 5.74) is 1.21. The zero-order valence-corrected chi connectivity index (χ0v) is 12.4. The zero-order chi connectivity index (χ0) is 15.0. The van der Waals surface area contributed by atoms with Crippen molar-refractivity contribution in [2.75, 3.05) is 7.05 Å². The van der Waals surface area contributed by atoms with E-state index in [1.165, 1.54) is 17.4 Å². The highest BCUT2D eigenvalue weighted by molar-refractivity contribution is 7.89. The summed E-state index contributed by atoms with van der Waals surface area (Å²) in [4.78, 5) is 4.39. The lowest BCUT2D eigenvalue weighted by Crippen LogP contribution is -2.46. The zero-order valence-electron chi connectivity index (χ0n) is 11.5. The van der Waals surface area contributed by atoms with E-state index in [-0.39, 0.29) is 4.90 Å². The van der Waals surface area contributed by atoms with E-state index in [0.29, 0.717) is 12.0 Å². The van der Waals surface area contributed by atoms with Crippen molar-refractivity contribution in [3.05, 3.63) is 59.9 Å². The van der Waals surface area contributed by atoms with Crippen molar-refractivity contribution < 1.29 is 13.5 Å². The van der Waals surface area contributed by atoms with Crippen LogP contribution >= 0.6 is 0 Å². The minimum Gasteiger partial charge on any atom is -0.387 e. The highest BCUT2D eigenvalue weighted by atomic mass is 32.2. The molecule has 0 aliphatic carbocycles. The van der Waals surface area contributed by atoms with Crippen LogP contribution in [-0.2, 0) is 16.4 Å². The van der Waals surface area contributed by atoms with E-state index in [4.69, 9.17) is 0 Å². The van der Waals surface area contributed by atoms with Crippen LogP contribution in [0, 0.1) is 0 Å². The molecular weight excluding hydrogens is 288 g/mol. The monoisotopic (exact) mass is 304 g/mol. The van der Waals surface area contributed by atoms with Gasteiger partial charge in [0.05, 0.1) is 17.0 Å². The number of pyridine rings is 1. The molecule has 3 rings (SSSR count). The highest BCUT2D eigenvalue weighted by Gasteiger charge is 2.41. The maximum absolute atomic E-state index is 12.5. The minimum absolute atomic E-state index is 0.178. The van der Waals surface area contributed by atoms with Gasteiger partial charge in [-0.25, -0.2) is 8.42 Å². The average Bonchev–Trinajstić information content (AvgIpc) is 2.51. The molecule has 1 aliphatic heterocycles. The van der Waals surface area contributed by atoms with Crippen LogP contribution in [0.3, 0.4) is 0 Å². The molecule has 110 valence electrons. The molecule has 0 unspecified atom stereocenters. The molecule has 2 heterocycles. The van der Waals surface area contributed by atoms with Crippen LogP contribution in [0.15, 0.2) is 53.6 Å². The first kappa shape index (κ1) is 14.2. The van der Waals surface area contributed by atoms with Crippen LogP contribution < -0.4 is 0 Å². The van der Waals surface area contributed by atoms with Crippen LogP contribution in [0.1, 0.15) is 17.4 Å². The Morgan fingerprint density at radius 1 is 1.19 bits per heavy atom. The number of aliphatic hydroxyl groups is 1. The van der Waals surface area contributed by atoms with E-state index >= 15 is 0 Å². The van der Waals surface area contributed by atoms with Gasteiger partial charge in [0.25, 0.3) is 0 Å². The van der Waals surface area contributed by atoms with E-state index in [2.05, 4.69) is 4.98 Å². The molecule has 6 heteroatoms. The molecule has 1 aliphatic rings. The Bertz CT molecular complexity index is 747. The number of fused-ring (bicyclic) bond motifs is 1. The second-order valence-corrected chi connectivity index (χ2v) is 7.06. The molecule has 0 amide bonds. The van der Waals surface area contributed by atoms with E-state index in [0.717, 1.165) is 5.69 Å². The fourth-order valence-electron chi connectivity index (χ4n) is 2.67. The average molecular weight is 304 g/mol. The molecule has 0 bridgehead atoms. The van der Waals surface area contributed by atoms with E-state index < -0.39 is 22.2 Å². The molecule has 2 atom stereocenters. The van der Waals surface area contributed by atoms with Crippen molar-refractivity contribution in [3.63, 3.8) is 0 Å². The number of aromatic nitrogens is 1. The van der Waals surface area contributed by atoms with Gasteiger partial charge in [-0.2, -0.15) is 4.31 Å². The Hall–Kier alpha value is -1.76. The molecule has 0 saturated carbocycles. The molecular formula is C15H16N2O3S. The fourth-order valence-corrected chi connectivity index (χ4v) is 4.27. The summed E-state index contributed by atoms with van der Waals surface area (Å²) in [5, 5.41) is 10.6. The van der Waals surface area contributed by atoms with Gasteiger partial charge in [-0.3, -0.25) is 4.98 Å². The molecule has 1 N–H and O–H groups in total. The van der Waals surface area contributed by atoms with Gasteiger partial charge in [0.2, 0.25) is 10.0 Å². The van der Waals surface area contributed by atoms with Gasteiger partial charge < -0.3 is 5.11 Å². The lowest BCUT2D eigenvalue weighted by Gasteiger charge is -2.36. The highest BCUT2D eigenvalue weighted by Crippen LogP contribution is 2.36. The number of benzene rings is 1. The van der Waals surface area contributed by atoms with Gasteiger partial charge in [-0.1, -0.05) is 24.3 Å². The van der Waals surface area contributed by atoms with Crippen molar-refractivity contribution >= 4 is 10.0 Å². The van der Waals surface area contributed by atoms with Crippen molar-refractivity contribution in [2.45, 2.75) is 23.5 Å². The van der Waals surface area contributed by atoms with Gasteiger partial charge in [-0.05, 0) is 18.2 Å². The van der Waals surface area contributed by atoms with E-state index in [9.17, 15) is 13.5 Å². The number of aliphatic hydroxyl groups excluding tert-OH is 1. The van der Waals surface area contributed by atoms with Gasteiger partial charge in [-0.15, -0.1) is 0 Å². The standard InChI is InChI=1S/C15H16N2O3S/c1-17-13(10-11-6-4-5-9-16-11)15(18)12-7-2-3-8-14(12)21(17,19)20/h2-9,13,15,18H,10H2,1H3/t13-,15-/m1/s1. The molecule has 5 nitrogen and oxygen atoms in total. The summed E-state index contributed by atoms with van der Waals surface area (Å²) < 4.78 is 26.3. The third-order valence-corrected chi connectivity index (χ3v) is 5.83. The van der Waals surface area contributed by atoms with E-state index in [1.54, 1.807) is 30.5 Å². The molecule has 2 aromatic rings. The van der Waals surface area contributed by atoms with Gasteiger partial charge in [0.15, 0.2) is 0 Å². The molecule has 0 saturated heterocycles. The van der Waals surface area contributed by atoms with Crippen LogP contribution in [-0.4, -0.2) is 35.9 Å². The first-order chi connectivity index (χ1) is 10.0. The second-order valence-electron chi connectivity index (χ2n) is 5.10. The Morgan fingerprint density at radius 3 is 2.62 bits per heavy atom. The molecule has 0 spiro atoms. The Morgan fingerprint density at radius 2 is 1.90 bits per heavy atom. The number of nitrogens with zero attached hydrogens (tertiary/aromatic N) is 2. The molecule has 1 aromatic heterocycles. The quantitative estimate of drug-likeness (QED) is 0.909. The summed E-state index contributed by atoms with van der Waals surface area (Å²) in [6.07, 6.45) is 1.16. The lowest BCUT2D eigenvalue weighted by atomic mass is 9.98. The predicted molar refractivity (Wildman–Crippen MR) is 78.1 cm³/mol. The first-order valence-corrected chi connectivity index (χ1v) is 8.11. The van der Waals surface area contributed by atoms with Crippen molar-refractivity contribution in [2.24, 2.45) is 0 Å². The van der Waals surface area contributed by atoms with Crippen molar-refractivity contribution in [1.29, 1.82) is 0 Å². The first-order valence-electron chi connectivity index (χ1n) is 6.67. The van der Waals surface area contributed by atoms with Crippen LogP contribution in [0.5, 0.6) is 0 Å². The van der Waals surface area contributed by atoms with Crippen molar-refractivity contribution in [3.8, 4) is 0 Å². The normalized spacial score (nSPS) is 24.5. The van der Waals surface area contributed by atoms with Crippen LogP contribution in [0.2, 0.25) is 0 Å². The SMILES string of the molecule is CN1[C@H](Cc2ccccn2)[C@H](O)c2ccccc2S1(=O)=O. The molecule has 0 fully saturated rings. The Labute approximate surface area is 123 Å². The second kappa shape index (κ2) is 5.22. The maximum Gasteiger partial charge on any atom is 0.243 e. The number of hydrogen-bond acceptors (Lipinski definition) is 4. The Balaban J connectivity index is 2.04. The van der Waals surface area contributed by atoms with Crippen LogP contribution in [0.25, 0.3) is 0 Å².